The molecular formula is C20H22ClNO4. The fourth-order valence-electron chi connectivity index (χ4n) is 2.78. The summed E-state index contributed by atoms with van der Waals surface area (Å²) in [4.78, 5) is 14.4. The first-order valence-corrected chi connectivity index (χ1v) is 9.02. The van der Waals surface area contributed by atoms with Gasteiger partial charge in [0, 0.05) is 25.6 Å². The third-order valence-corrected chi connectivity index (χ3v) is 4.33. The second-order valence-electron chi connectivity index (χ2n) is 6.07. The number of halogens is 1. The van der Waals surface area contributed by atoms with Crippen molar-refractivity contribution in [2.45, 2.75) is 19.9 Å². The first kappa shape index (κ1) is 18.4. The molecule has 5 nitrogen and oxygen atoms in total. The van der Waals surface area contributed by atoms with Crippen LogP contribution in [0.25, 0.3) is 0 Å². The van der Waals surface area contributed by atoms with Crippen LogP contribution in [0.1, 0.15) is 29.3 Å². The number of nitrogens with zero attached hydrogens (tertiary/aromatic N) is 1. The summed E-state index contributed by atoms with van der Waals surface area (Å²) in [6.07, 6.45) is 0.784. The molecule has 0 radical (unpaired) electrons. The maximum atomic E-state index is 12.8. The molecule has 0 saturated carbocycles. The highest BCUT2D eigenvalue weighted by Gasteiger charge is 2.20. The van der Waals surface area contributed by atoms with E-state index in [-0.39, 0.29) is 5.91 Å². The Balaban J connectivity index is 1.74. The van der Waals surface area contributed by atoms with E-state index in [1.165, 1.54) is 0 Å². The second-order valence-corrected chi connectivity index (χ2v) is 6.48. The minimum absolute atomic E-state index is 0.128. The van der Waals surface area contributed by atoms with Crippen LogP contribution in [0.2, 0.25) is 5.02 Å². The number of rotatable bonds is 5. The molecule has 0 bridgehead atoms. The average molecular weight is 376 g/mol. The van der Waals surface area contributed by atoms with Crippen molar-refractivity contribution in [2.75, 3.05) is 26.9 Å². The molecule has 6 heteroatoms. The fraction of sp³-hybridized carbons (Fsp3) is 0.350. The minimum atomic E-state index is -0.128. The molecule has 2 aromatic carbocycles. The van der Waals surface area contributed by atoms with Gasteiger partial charge in [0.25, 0.3) is 5.91 Å². The molecule has 0 N–H and O–H groups in total. The van der Waals surface area contributed by atoms with E-state index < -0.39 is 0 Å². The molecule has 1 aliphatic heterocycles. The molecule has 26 heavy (non-hydrogen) atoms. The third-order valence-electron chi connectivity index (χ3n) is 4.05. The Morgan fingerprint density at radius 2 is 1.92 bits per heavy atom. The number of benzene rings is 2. The number of carbonyl (C=O) groups excluding carboxylic acids is 1. The van der Waals surface area contributed by atoms with Crippen molar-refractivity contribution in [2.24, 2.45) is 0 Å². The van der Waals surface area contributed by atoms with Crippen molar-refractivity contribution in [1.29, 1.82) is 0 Å². The number of ether oxygens (including phenoxy) is 3. The van der Waals surface area contributed by atoms with Gasteiger partial charge in [0.2, 0.25) is 0 Å². The summed E-state index contributed by atoms with van der Waals surface area (Å²) in [5, 5.41) is 0.391. The Labute approximate surface area is 158 Å². The summed E-state index contributed by atoms with van der Waals surface area (Å²) >= 11 is 6.29. The molecule has 0 saturated heterocycles. The van der Waals surface area contributed by atoms with Crippen molar-refractivity contribution in [1.82, 2.24) is 4.90 Å². The van der Waals surface area contributed by atoms with E-state index in [9.17, 15) is 4.79 Å². The van der Waals surface area contributed by atoms with Crippen LogP contribution in [-0.2, 0) is 6.54 Å². The molecule has 2 aromatic rings. The first-order chi connectivity index (χ1) is 12.6. The van der Waals surface area contributed by atoms with Crippen LogP contribution in [0.5, 0.6) is 17.2 Å². The van der Waals surface area contributed by atoms with Gasteiger partial charge in [-0.05, 0) is 36.8 Å². The number of carbonyl (C=O) groups is 1. The quantitative estimate of drug-likeness (QED) is 0.786. The molecular weight excluding hydrogens is 354 g/mol. The fourth-order valence-corrected chi connectivity index (χ4v) is 3.04. The largest absolute Gasteiger partial charge is 0.494 e. The maximum Gasteiger partial charge on any atom is 0.254 e. The van der Waals surface area contributed by atoms with Gasteiger partial charge >= 0.3 is 0 Å². The van der Waals surface area contributed by atoms with Crippen LogP contribution in [-0.4, -0.2) is 37.7 Å². The molecule has 0 spiro atoms. The number of fused-ring (bicyclic) bond motifs is 1. The van der Waals surface area contributed by atoms with Gasteiger partial charge in [-0.15, -0.1) is 0 Å². The summed E-state index contributed by atoms with van der Waals surface area (Å²) in [6, 6.07) is 11.0. The minimum Gasteiger partial charge on any atom is -0.494 e. The van der Waals surface area contributed by atoms with Crippen LogP contribution in [0.15, 0.2) is 36.4 Å². The van der Waals surface area contributed by atoms with Crippen molar-refractivity contribution >= 4 is 17.5 Å². The zero-order chi connectivity index (χ0) is 18.5. The molecule has 138 valence electrons. The zero-order valence-corrected chi connectivity index (χ0v) is 15.7. The van der Waals surface area contributed by atoms with E-state index in [1.807, 2.05) is 31.2 Å². The Hall–Kier alpha value is -2.40. The molecule has 0 atom stereocenters. The van der Waals surface area contributed by atoms with Crippen LogP contribution < -0.4 is 14.2 Å². The summed E-state index contributed by atoms with van der Waals surface area (Å²) in [5.41, 5.74) is 1.50. The lowest BCUT2D eigenvalue weighted by Crippen LogP contribution is -2.26. The third kappa shape index (κ3) is 4.22. The first-order valence-electron chi connectivity index (χ1n) is 8.65. The van der Waals surface area contributed by atoms with Crippen molar-refractivity contribution in [3.63, 3.8) is 0 Å². The summed E-state index contributed by atoms with van der Waals surface area (Å²) in [5.74, 6) is 1.72. The van der Waals surface area contributed by atoms with Crippen molar-refractivity contribution in [3.05, 3.63) is 52.5 Å². The lowest BCUT2D eigenvalue weighted by Gasteiger charge is -2.19. The monoisotopic (exact) mass is 375 g/mol. The van der Waals surface area contributed by atoms with Crippen LogP contribution >= 0.6 is 11.6 Å². The second kappa shape index (κ2) is 8.32. The van der Waals surface area contributed by atoms with E-state index in [2.05, 4.69) is 0 Å². The summed E-state index contributed by atoms with van der Waals surface area (Å²) < 4.78 is 16.7. The highest BCUT2D eigenvalue weighted by Crippen LogP contribution is 2.38. The lowest BCUT2D eigenvalue weighted by atomic mass is 10.1. The zero-order valence-electron chi connectivity index (χ0n) is 15.0. The van der Waals surface area contributed by atoms with Gasteiger partial charge in [0.1, 0.15) is 5.75 Å². The van der Waals surface area contributed by atoms with E-state index in [0.29, 0.717) is 48.5 Å². The number of amides is 1. The Morgan fingerprint density at radius 3 is 2.65 bits per heavy atom. The predicted octanol–water partition coefficient (Wildman–Crippen LogP) is 4.17. The molecule has 1 heterocycles. The van der Waals surface area contributed by atoms with Crippen LogP contribution in [0.3, 0.4) is 0 Å². The van der Waals surface area contributed by atoms with E-state index in [4.69, 9.17) is 25.8 Å². The van der Waals surface area contributed by atoms with E-state index in [1.54, 1.807) is 24.1 Å². The molecule has 3 rings (SSSR count). The Kier molecular flexibility index (Phi) is 5.89. The smallest absolute Gasteiger partial charge is 0.254 e. The standard InChI is InChI=1S/C20H22ClNO4/c1-3-24-16-7-5-14(6-8-16)13-22(2)20(23)15-11-17(21)19-18(12-15)25-9-4-10-26-19/h5-8,11-12H,3-4,9-10,13H2,1-2H3. The highest BCUT2D eigenvalue weighted by molar-refractivity contribution is 6.32. The van der Waals surface area contributed by atoms with E-state index >= 15 is 0 Å². The molecule has 1 amide bonds. The van der Waals surface area contributed by atoms with Gasteiger partial charge in [-0.2, -0.15) is 0 Å². The highest BCUT2D eigenvalue weighted by atomic mass is 35.5. The number of hydrogen-bond donors (Lipinski definition) is 0. The molecule has 0 unspecified atom stereocenters. The number of hydrogen-bond acceptors (Lipinski definition) is 4. The van der Waals surface area contributed by atoms with Gasteiger partial charge in [-0.25, -0.2) is 0 Å². The molecule has 0 aliphatic carbocycles. The van der Waals surface area contributed by atoms with Gasteiger partial charge in [0.05, 0.1) is 24.8 Å². The molecule has 0 aromatic heterocycles. The van der Waals surface area contributed by atoms with Gasteiger partial charge < -0.3 is 19.1 Å². The van der Waals surface area contributed by atoms with Gasteiger partial charge in [-0.3, -0.25) is 4.79 Å². The van der Waals surface area contributed by atoms with Crippen LogP contribution in [0, 0.1) is 0 Å². The Morgan fingerprint density at radius 1 is 1.19 bits per heavy atom. The van der Waals surface area contributed by atoms with E-state index in [0.717, 1.165) is 17.7 Å². The summed E-state index contributed by atoms with van der Waals surface area (Å²) in [6.45, 7) is 4.15. The topological polar surface area (TPSA) is 48.0 Å². The maximum absolute atomic E-state index is 12.8. The molecule has 1 aliphatic rings. The van der Waals surface area contributed by atoms with Crippen LogP contribution in [0.4, 0.5) is 0 Å². The lowest BCUT2D eigenvalue weighted by molar-refractivity contribution is 0.0784. The Bertz CT molecular complexity index is 776. The van der Waals surface area contributed by atoms with Crippen molar-refractivity contribution in [3.8, 4) is 17.2 Å². The van der Waals surface area contributed by atoms with Gasteiger partial charge in [0.15, 0.2) is 11.5 Å². The van der Waals surface area contributed by atoms with Crippen molar-refractivity contribution < 1.29 is 19.0 Å². The average Bonchev–Trinajstić information content (AvgIpc) is 2.88. The van der Waals surface area contributed by atoms with Gasteiger partial charge in [-0.1, -0.05) is 23.7 Å². The summed E-state index contributed by atoms with van der Waals surface area (Å²) in [7, 11) is 1.76. The molecule has 0 fully saturated rings. The predicted molar refractivity (Wildman–Crippen MR) is 100 cm³/mol. The normalized spacial score (nSPS) is 13.0. The SMILES string of the molecule is CCOc1ccc(CN(C)C(=O)c2cc(Cl)c3c(c2)OCCCO3)cc1.